The molecule has 0 saturated carbocycles. The first-order chi connectivity index (χ1) is 10.1. The van der Waals surface area contributed by atoms with Crippen LogP contribution in [0.25, 0.3) is 0 Å². The Kier molecular flexibility index (Phi) is 5.24. The van der Waals surface area contributed by atoms with E-state index < -0.39 is 0 Å². The molecule has 1 aromatic carbocycles. The van der Waals surface area contributed by atoms with E-state index in [0.29, 0.717) is 11.2 Å². The fraction of sp³-hybridized carbons (Fsp3) is 0.357. The summed E-state index contributed by atoms with van der Waals surface area (Å²) < 4.78 is 0. The molecule has 0 spiro atoms. The number of aryl methyl sites for hydroxylation is 1. The van der Waals surface area contributed by atoms with E-state index in [1.807, 2.05) is 31.2 Å². The minimum Gasteiger partial charge on any atom is -0.310 e. The third-order valence-corrected chi connectivity index (χ3v) is 3.68. The minimum atomic E-state index is -0.321. The van der Waals surface area contributed by atoms with Crippen molar-refractivity contribution in [3.05, 3.63) is 34.8 Å². The molecule has 7 heteroatoms. The zero-order valence-corrected chi connectivity index (χ0v) is 13.1. The Morgan fingerprint density at radius 1 is 1.24 bits per heavy atom. The van der Waals surface area contributed by atoms with E-state index in [2.05, 4.69) is 40.0 Å². The minimum absolute atomic E-state index is 0.294. The average Bonchev–Trinajstić information content (AvgIpc) is 2.85. The lowest BCUT2D eigenvalue weighted by molar-refractivity contribution is 0.262. The van der Waals surface area contributed by atoms with E-state index >= 15 is 0 Å². The SMILES string of the molecule is CCNC(C)c1ccc(NC(=O)Nc2nnc(C)s2)cc1. The molecule has 0 saturated heterocycles. The van der Waals surface area contributed by atoms with Gasteiger partial charge in [0.25, 0.3) is 0 Å². The Morgan fingerprint density at radius 3 is 2.52 bits per heavy atom. The van der Waals surface area contributed by atoms with Crippen molar-refractivity contribution in [3.63, 3.8) is 0 Å². The van der Waals surface area contributed by atoms with Crippen molar-refractivity contribution in [2.24, 2.45) is 0 Å². The lowest BCUT2D eigenvalue weighted by Crippen LogP contribution is -2.20. The highest BCUT2D eigenvalue weighted by molar-refractivity contribution is 7.15. The van der Waals surface area contributed by atoms with E-state index in [-0.39, 0.29) is 6.03 Å². The molecule has 0 bridgehead atoms. The number of aromatic nitrogens is 2. The van der Waals surface area contributed by atoms with Gasteiger partial charge in [-0.25, -0.2) is 4.79 Å². The number of nitrogens with zero attached hydrogens (tertiary/aromatic N) is 2. The van der Waals surface area contributed by atoms with Crippen LogP contribution in [0.4, 0.5) is 15.6 Å². The molecule has 0 aliphatic rings. The fourth-order valence-electron chi connectivity index (χ4n) is 1.89. The molecule has 1 aromatic heterocycles. The van der Waals surface area contributed by atoms with Crippen LogP contribution in [-0.4, -0.2) is 22.8 Å². The van der Waals surface area contributed by atoms with Gasteiger partial charge < -0.3 is 10.6 Å². The number of urea groups is 1. The summed E-state index contributed by atoms with van der Waals surface area (Å²) in [6.07, 6.45) is 0. The standard InChI is InChI=1S/C14H19N5OS/c1-4-15-9(2)11-5-7-12(8-6-11)16-13(20)17-14-19-18-10(3)21-14/h5-9,15H,4H2,1-3H3,(H2,16,17,19,20). The molecular weight excluding hydrogens is 286 g/mol. The van der Waals surface area contributed by atoms with Gasteiger partial charge in [0, 0.05) is 11.7 Å². The van der Waals surface area contributed by atoms with Crippen LogP contribution in [0.3, 0.4) is 0 Å². The van der Waals surface area contributed by atoms with Gasteiger partial charge in [-0.3, -0.25) is 5.32 Å². The second-order valence-corrected chi connectivity index (χ2v) is 5.79. The molecule has 112 valence electrons. The van der Waals surface area contributed by atoms with Gasteiger partial charge in [-0.05, 0) is 38.1 Å². The highest BCUT2D eigenvalue weighted by Gasteiger charge is 2.07. The summed E-state index contributed by atoms with van der Waals surface area (Å²) in [5, 5.41) is 17.7. The maximum atomic E-state index is 11.8. The van der Waals surface area contributed by atoms with Gasteiger partial charge in [-0.1, -0.05) is 30.4 Å². The number of benzene rings is 1. The van der Waals surface area contributed by atoms with Gasteiger partial charge in [0.15, 0.2) is 0 Å². The first-order valence-corrected chi connectivity index (χ1v) is 7.61. The van der Waals surface area contributed by atoms with Crippen molar-refractivity contribution in [1.29, 1.82) is 0 Å². The van der Waals surface area contributed by atoms with Gasteiger partial charge in [-0.15, -0.1) is 10.2 Å². The number of hydrogen-bond donors (Lipinski definition) is 3. The Hall–Kier alpha value is -1.99. The van der Waals surface area contributed by atoms with Crippen LogP contribution in [0.15, 0.2) is 24.3 Å². The van der Waals surface area contributed by atoms with E-state index in [9.17, 15) is 4.79 Å². The summed E-state index contributed by atoms with van der Waals surface area (Å²) in [7, 11) is 0. The average molecular weight is 305 g/mol. The van der Waals surface area contributed by atoms with Crippen LogP contribution < -0.4 is 16.0 Å². The smallest absolute Gasteiger partial charge is 0.310 e. The van der Waals surface area contributed by atoms with Crippen LogP contribution in [0, 0.1) is 6.92 Å². The molecule has 2 aromatic rings. The van der Waals surface area contributed by atoms with Crippen molar-refractivity contribution >= 4 is 28.2 Å². The number of anilines is 2. The predicted molar refractivity (Wildman–Crippen MR) is 85.8 cm³/mol. The number of carbonyl (C=O) groups is 1. The van der Waals surface area contributed by atoms with E-state index in [4.69, 9.17) is 0 Å². The first-order valence-electron chi connectivity index (χ1n) is 6.80. The number of hydrogen-bond acceptors (Lipinski definition) is 5. The third kappa shape index (κ3) is 4.51. The lowest BCUT2D eigenvalue weighted by atomic mass is 10.1. The molecule has 0 radical (unpaired) electrons. The lowest BCUT2D eigenvalue weighted by Gasteiger charge is -2.13. The van der Waals surface area contributed by atoms with Crippen molar-refractivity contribution in [1.82, 2.24) is 15.5 Å². The van der Waals surface area contributed by atoms with Gasteiger partial charge in [0.05, 0.1) is 0 Å². The first kappa shape index (κ1) is 15.4. The van der Waals surface area contributed by atoms with Crippen molar-refractivity contribution in [2.45, 2.75) is 26.8 Å². The molecule has 0 aliphatic heterocycles. The molecular formula is C14H19N5OS. The molecule has 3 N–H and O–H groups in total. The maximum Gasteiger partial charge on any atom is 0.325 e. The molecule has 21 heavy (non-hydrogen) atoms. The summed E-state index contributed by atoms with van der Waals surface area (Å²) in [6.45, 7) is 6.94. The fourth-order valence-corrected chi connectivity index (χ4v) is 2.47. The molecule has 1 atom stereocenters. The number of amides is 2. The second-order valence-electron chi connectivity index (χ2n) is 4.61. The molecule has 1 heterocycles. The molecule has 0 fully saturated rings. The normalized spacial score (nSPS) is 12.0. The van der Waals surface area contributed by atoms with Crippen LogP contribution >= 0.6 is 11.3 Å². The predicted octanol–water partition coefficient (Wildman–Crippen LogP) is 3.16. The Balaban J connectivity index is 1.92. The highest BCUT2D eigenvalue weighted by atomic mass is 32.1. The van der Waals surface area contributed by atoms with Gasteiger partial charge in [0.1, 0.15) is 5.01 Å². The zero-order chi connectivity index (χ0) is 15.2. The summed E-state index contributed by atoms with van der Waals surface area (Å²) in [4.78, 5) is 11.8. The molecule has 6 nitrogen and oxygen atoms in total. The molecule has 2 rings (SSSR count). The summed E-state index contributed by atoms with van der Waals surface area (Å²) >= 11 is 1.34. The van der Waals surface area contributed by atoms with Crippen molar-refractivity contribution in [2.75, 3.05) is 17.2 Å². The molecule has 2 amide bonds. The quantitative estimate of drug-likeness (QED) is 0.793. The van der Waals surface area contributed by atoms with Crippen molar-refractivity contribution in [3.8, 4) is 0 Å². The highest BCUT2D eigenvalue weighted by Crippen LogP contribution is 2.17. The largest absolute Gasteiger partial charge is 0.325 e. The zero-order valence-electron chi connectivity index (χ0n) is 12.3. The van der Waals surface area contributed by atoms with Gasteiger partial charge in [0.2, 0.25) is 5.13 Å². The summed E-state index contributed by atoms with van der Waals surface area (Å²) in [5.74, 6) is 0. The number of rotatable bonds is 5. The summed E-state index contributed by atoms with van der Waals surface area (Å²) in [5.41, 5.74) is 1.92. The van der Waals surface area contributed by atoms with E-state index in [1.54, 1.807) is 0 Å². The van der Waals surface area contributed by atoms with E-state index in [1.165, 1.54) is 16.9 Å². The summed E-state index contributed by atoms with van der Waals surface area (Å²) in [6, 6.07) is 7.74. The Morgan fingerprint density at radius 2 is 1.95 bits per heavy atom. The molecule has 0 aliphatic carbocycles. The maximum absolute atomic E-state index is 11.8. The monoisotopic (exact) mass is 305 g/mol. The number of nitrogens with one attached hydrogen (secondary N) is 3. The van der Waals surface area contributed by atoms with Gasteiger partial charge in [-0.2, -0.15) is 0 Å². The van der Waals surface area contributed by atoms with Crippen molar-refractivity contribution < 1.29 is 4.79 Å². The second kappa shape index (κ2) is 7.14. The Bertz CT molecular complexity index is 596. The topological polar surface area (TPSA) is 78.9 Å². The number of carbonyl (C=O) groups excluding carboxylic acids is 1. The molecule has 1 unspecified atom stereocenters. The third-order valence-electron chi connectivity index (χ3n) is 2.93. The van der Waals surface area contributed by atoms with Crippen LogP contribution in [0.5, 0.6) is 0 Å². The Labute approximate surface area is 128 Å². The van der Waals surface area contributed by atoms with Gasteiger partial charge >= 0.3 is 6.03 Å². The van der Waals surface area contributed by atoms with Crippen LogP contribution in [0.1, 0.15) is 30.5 Å². The van der Waals surface area contributed by atoms with E-state index in [0.717, 1.165) is 17.2 Å². The van der Waals surface area contributed by atoms with Crippen LogP contribution in [0.2, 0.25) is 0 Å². The van der Waals surface area contributed by atoms with Crippen LogP contribution in [-0.2, 0) is 0 Å².